The summed E-state index contributed by atoms with van der Waals surface area (Å²) in [7, 11) is 0. The van der Waals surface area contributed by atoms with E-state index in [2.05, 4.69) is 4.90 Å². The van der Waals surface area contributed by atoms with E-state index in [1.54, 1.807) is 0 Å². The Hall–Kier alpha value is -0.0800. The molecule has 2 aliphatic carbocycles. The van der Waals surface area contributed by atoms with Gasteiger partial charge in [0.15, 0.2) is 0 Å². The zero-order valence-electron chi connectivity index (χ0n) is 9.75. The van der Waals surface area contributed by atoms with Crippen molar-refractivity contribution in [3.63, 3.8) is 0 Å². The first-order valence-corrected chi connectivity index (χ1v) is 6.83. The quantitative estimate of drug-likeness (QED) is 0.753. The van der Waals surface area contributed by atoms with Gasteiger partial charge in [0.25, 0.3) is 0 Å². The molecule has 2 N–H and O–H groups in total. The predicted octanol–water partition coefficient (Wildman–Crippen LogP) is 2.13. The molecule has 2 nitrogen and oxygen atoms in total. The van der Waals surface area contributed by atoms with E-state index in [9.17, 15) is 0 Å². The SMILES string of the molecule is NCC1(N2CCC3CCCCC32)CCC1. The highest BCUT2D eigenvalue weighted by molar-refractivity contribution is 5.05. The van der Waals surface area contributed by atoms with Crippen LogP contribution in [0.25, 0.3) is 0 Å². The summed E-state index contributed by atoms with van der Waals surface area (Å²) < 4.78 is 0. The minimum absolute atomic E-state index is 0.441. The van der Waals surface area contributed by atoms with Crippen molar-refractivity contribution in [1.29, 1.82) is 0 Å². The Morgan fingerprint density at radius 1 is 1.07 bits per heavy atom. The van der Waals surface area contributed by atoms with E-state index in [1.807, 2.05) is 0 Å². The number of hydrogen-bond acceptors (Lipinski definition) is 2. The second-order valence-electron chi connectivity index (χ2n) is 5.88. The molecule has 1 aliphatic heterocycles. The molecule has 2 saturated carbocycles. The molecular weight excluding hydrogens is 184 g/mol. The standard InChI is InChI=1S/C13H24N2/c14-10-13(7-3-8-13)15-9-6-11-4-1-2-5-12(11)15/h11-12H,1-10,14H2. The summed E-state index contributed by atoms with van der Waals surface area (Å²) in [6, 6.07) is 0.905. The van der Waals surface area contributed by atoms with E-state index in [1.165, 1.54) is 57.9 Å². The van der Waals surface area contributed by atoms with Crippen LogP contribution in [-0.4, -0.2) is 29.6 Å². The lowest BCUT2D eigenvalue weighted by Crippen LogP contribution is -2.60. The summed E-state index contributed by atoms with van der Waals surface area (Å²) in [5.41, 5.74) is 6.47. The van der Waals surface area contributed by atoms with Gasteiger partial charge in [0.05, 0.1) is 0 Å². The molecule has 3 aliphatic rings. The number of rotatable bonds is 2. The summed E-state index contributed by atoms with van der Waals surface area (Å²) in [6.07, 6.45) is 11.5. The van der Waals surface area contributed by atoms with Gasteiger partial charge in [-0.05, 0) is 51.0 Å². The van der Waals surface area contributed by atoms with Crippen molar-refractivity contribution in [2.24, 2.45) is 11.7 Å². The third-order valence-electron chi connectivity index (χ3n) is 5.28. The highest BCUT2D eigenvalue weighted by Gasteiger charge is 2.48. The van der Waals surface area contributed by atoms with Crippen LogP contribution in [0.15, 0.2) is 0 Å². The lowest BCUT2D eigenvalue weighted by molar-refractivity contribution is -0.00270. The Labute approximate surface area is 93.2 Å². The lowest BCUT2D eigenvalue weighted by atomic mass is 9.73. The topological polar surface area (TPSA) is 29.3 Å². The molecule has 0 spiro atoms. The van der Waals surface area contributed by atoms with Crippen molar-refractivity contribution in [3.8, 4) is 0 Å². The Kier molecular flexibility index (Phi) is 2.52. The molecule has 0 bridgehead atoms. The van der Waals surface area contributed by atoms with E-state index in [0.717, 1.165) is 18.5 Å². The van der Waals surface area contributed by atoms with Crippen LogP contribution in [0.1, 0.15) is 51.4 Å². The smallest absolute Gasteiger partial charge is 0.0334 e. The molecule has 1 saturated heterocycles. The molecule has 0 aromatic rings. The van der Waals surface area contributed by atoms with E-state index in [-0.39, 0.29) is 0 Å². The highest BCUT2D eigenvalue weighted by atomic mass is 15.3. The third-order valence-corrected chi connectivity index (χ3v) is 5.28. The van der Waals surface area contributed by atoms with Gasteiger partial charge in [0.2, 0.25) is 0 Å². The van der Waals surface area contributed by atoms with Gasteiger partial charge in [-0.15, -0.1) is 0 Å². The van der Waals surface area contributed by atoms with Gasteiger partial charge in [0, 0.05) is 18.1 Å². The lowest BCUT2D eigenvalue weighted by Gasteiger charge is -2.52. The Morgan fingerprint density at radius 3 is 2.53 bits per heavy atom. The molecule has 2 unspecified atom stereocenters. The zero-order chi connectivity index (χ0) is 10.3. The van der Waals surface area contributed by atoms with E-state index >= 15 is 0 Å². The van der Waals surface area contributed by atoms with Crippen molar-refractivity contribution >= 4 is 0 Å². The van der Waals surface area contributed by atoms with Crippen molar-refractivity contribution in [2.75, 3.05) is 13.1 Å². The minimum atomic E-state index is 0.441. The molecule has 3 fully saturated rings. The maximum Gasteiger partial charge on any atom is 0.0334 e. The van der Waals surface area contributed by atoms with Gasteiger partial charge in [-0.1, -0.05) is 12.8 Å². The van der Waals surface area contributed by atoms with E-state index in [0.29, 0.717) is 5.54 Å². The highest BCUT2D eigenvalue weighted by Crippen LogP contribution is 2.46. The van der Waals surface area contributed by atoms with Crippen molar-refractivity contribution in [2.45, 2.75) is 62.9 Å². The normalized spacial score (nSPS) is 39.8. The maximum atomic E-state index is 6.03. The number of likely N-dealkylation sites (tertiary alicyclic amines) is 1. The van der Waals surface area contributed by atoms with Gasteiger partial charge >= 0.3 is 0 Å². The fraction of sp³-hybridized carbons (Fsp3) is 1.00. The summed E-state index contributed by atoms with van der Waals surface area (Å²) in [5.74, 6) is 1.02. The zero-order valence-corrected chi connectivity index (χ0v) is 9.75. The maximum absolute atomic E-state index is 6.03. The van der Waals surface area contributed by atoms with E-state index in [4.69, 9.17) is 5.73 Å². The molecule has 0 radical (unpaired) electrons. The first-order chi connectivity index (χ1) is 7.36. The van der Waals surface area contributed by atoms with Crippen molar-refractivity contribution in [1.82, 2.24) is 4.90 Å². The first-order valence-electron chi connectivity index (χ1n) is 6.83. The molecular formula is C13H24N2. The van der Waals surface area contributed by atoms with Crippen LogP contribution < -0.4 is 5.73 Å². The molecule has 0 amide bonds. The predicted molar refractivity (Wildman–Crippen MR) is 62.7 cm³/mol. The van der Waals surface area contributed by atoms with Crippen LogP contribution in [0.5, 0.6) is 0 Å². The number of hydrogen-bond donors (Lipinski definition) is 1. The minimum Gasteiger partial charge on any atom is -0.329 e. The average Bonchev–Trinajstić information content (AvgIpc) is 2.62. The van der Waals surface area contributed by atoms with Crippen molar-refractivity contribution < 1.29 is 0 Å². The van der Waals surface area contributed by atoms with Gasteiger partial charge in [-0.2, -0.15) is 0 Å². The molecule has 2 heteroatoms. The Bertz CT molecular complexity index is 229. The summed E-state index contributed by atoms with van der Waals surface area (Å²) >= 11 is 0. The van der Waals surface area contributed by atoms with Gasteiger partial charge in [-0.25, -0.2) is 0 Å². The monoisotopic (exact) mass is 208 g/mol. The Balaban J connectivity index is 1.75. The second-order valence-corrected chi connectivity index (χ2v) is 5.88. The van der Waals surface area contributed by atoms with Crippen LogP contribution in [0, 0.1) is 5.92 Å². The largest absolute Gasteiger partial charge is 0.329 e. The molecule has 0 aromatic heterocycles. The fourth-order valence-electron chi connectivity index (χ4n) is 4.19. The van der Waals surface area contributed by atoms with Gasteiger partial charge < -0.3 is 5.73 Å². The Morgan fingerprint density at radius 2 is 1.87 bits per heavy atom. The molecule has 1 heterocycles. The van der Waals surface area contributed by atoms with Crippen LogP contribution in [0.4, 0.5) is 0 Å². The van der Waals surface area contributed by atoms with Crippen LogP contribution in [0.3, 0.4) is 0 Å². The molecule has 15 heavy (non-hydrogen) atoms. The fourth-order valence-corrected chi connectivity index (χ4v) is 4.19. The van der Waals surface area contributed by atoms with Crippen molar-refractivity contribution in [3.05, 3.63) is 0 Å². The molecule has 2 atom stereocenters. The third kappa shape index (κ3) is 1.45. The molecule has 86 valence electrons. The second kappa shape index (κ2) is 3.74. The van der Waals surface area contributed by atoms with Crippen LogP contribution >= 0.6 is 0 Å². The number of fused-ring (bicyclic) bond motifs is 1. The van der Waals surface area contributed by atoms with Crippen LogP contribution in [0.2, 0.25) is 0 Å². The number of nitrogens with zero attached hydrogens (tertiary/aromatic N) is 1. The number of nitrogens with two attached hydrogens (primary N) is 1. The van der Waals surface area contributed by atoms with Crippen LogP contribution in [-0.2, 0) is 0 Å². The average molecular weight is 208 g/mol. The first kappa shape index (κ1) is 10.1. The summed E-state index contributed by atoms with van der Waals surface area (Å²) in [5, 5.41) is 0. The summed E-state index contributed by atoms with van der Waals surface area (Å²) in [6.45, 7) is 2.24. The molecule has 3 rings (SSSR count). The molecule has 0 aromatic carbocycles. The summed E-state index contributed by atoms with van der Waals surface area (Å²) in [4.78, 5) is 2.82. The van der Waals surface area contributed by atoms with E-state index < -0.39 is 0 Å². The van der Waals surface area contributed by atoms with Gasteiger partial charge in [0.1, 0.15) is 0 Å². The van der Waals surface area contributed by atoms with Gasteiger partial charge in [-0.3, -0.25) is 4.90 Å².